The molecule has 3 unspecified atom stereocenters. The molecule has 5 rings (SSSR count). The summed E-state index contributed by atoms with van der Waals surface area (Å²) in [6.07, 6.45) is 1.21. The molecule has 0 saturated carbocycles. The second kappa shape index (κ2) is 58.4. The van der Waals surface area contributed by atoms with Crippen molar-refractivity contribution in [1.82, 2.24) is 61.4 Å². The summed E-state index contributed by atoms with van der Waals surface area (Å²) in [5.41, 5.74) is 6.64. The molecular weight excluding hydrogens is 1750 g/mol. The van der Waals surface area contributed by atoms with Gasteiger partial charge in [-0.15, -0.1) is 23.1 Å². The molecule has 1 aromatic heterocycles. The Labute approximate surface area is 781 Å². The van der Waals surface area contributed by atoms with Crippen LogP contribution in [0.15, 0.2) is 53.9 Å². The lowest BCUT2D eigenvalue weighted by Crippen LogP contribution is -2.54. The van der Waals surface area contributed by atoms with Gasteiger partial charge in [0.2, 0.25) is 46.4 Å². The van der Waals surface area contributed by atoms with Gasteiger partial charge in [-0.2, -0.15) is 0 Å². The number of piperidine rings is 1. The molecule has 3 heterocycles. The van der Waals surface area contributed by atoms with Crippen LogP contribution in [0.5, 0.6) is 5.75 Å². The lowest BCUT2D eigenvalue weighted by atomic mass is 9.83. The van der Waals surface area contributed by atoms with Gasteiger partial charge in [-0.3, -0.25) is 62.5 Å². The van der Waals surface area contributed by atoms with Gasteiger partial charge in [0.05, 0.1) is 29.9 Å². The number of unbranched alkanes of at least 4 members (excludes halogenated alkanes) is 2. The van der Waals surface area contributed by atoms with E-state index in [1.165, 1.54) is 77.0 Å². The zero-order valence-corrected chi connectivity index (χ0v) is 80.6. The largest absolute Gasteiger partial charge is 0.481 e. The van der Waals surface area contributed by atoms with Gasteiger partial charge in [0.15, 0.2) is 18.8 Å². The van der Waals surface area contributed by atoms with E-state index in [1.54, 1.807) is 57.2 Å². The summed E-state index contributed by atoms with van der Waals surface area (Å²) >= 11 is 2.11. The molecule has 0 spiro atoms. The number of aliphatic hydroxyl groups is 1. The van der Waals surface area contributed by atoms with E-state index in [0.29, 0.717) is 61.1 Å². The van der Waals surface area contributed by atoms with Gasteiger partial charge in [-0.05, 0) is 137 Å². The van der Waals surface area contributed by atoms with E-state index in [4.69, 9.17) is 38.9 Å². The number of methoxy groups -OCH3 is 1. The van der Waals surface area contributed by atoms with E-state index >= 15 is 0 Å². The number of aliphatic hydroxyl groups excluding tert-OH is 1. The first-order chi connectivity index (χ1) is 62.6. The number of primary amides is 1. The molecule has 132 heavy (non-hydrogen) atoms. The number of Topliss-reactive ketones (excluding diaryl/α,β-unsaturated/α-hetero) is 1. The fourth-order valence-electron chi connectivity index (χ4n) is 14.5. The summed E-state index contributed by atoms with van der Waals surface area (Å²) in [6, 6.07) is 8.02. The maximum atomic E-state index is 14.9. The second-order valence-corrected chi connectivity index (χ2v) is 36.8. The second-order valence-electron chi connectivity index (χ2n) is 34.6. The van der Waals surface area contributed by atoms with Crippen LogP contribution in [0.2, 0.25) is 0 Å². The molecule has 39 nitrogen and oxygen atoms in total. The quantitative estimate of drug-likeness (QED) is 0.00837. The Kier molecular flexibility index (Phi) is 49.5. The highest BCUT2D eigenvalue weighted by Gasteiger charge is 2.41. The van der Waals surface area contributed by atoms with E-state index < -0.39 is 132 Å². The minimum absolute atomic E-state index is 0.000251. The third-order valence-corrected chi connectivity index (χ3v) is 24.7. The first-order valence-electron chi connectivity index (χ1n) is 45.4. The fourth-order valence-corrected chi connectivity index (χ4v) is 16.3. The SMILES string of the molecule is CCC(CO)OC(COC(=O)NCCC(=O)NCCSC1CC(=O)N(CCCCCC(=O)N[C@H](C(=O)N[C@@H](CCCNC(N)=O)C(=O)Nc2ccc(COC(=O)N(C)CCN(C)C(=O)Oc3ccc(C[C@@H](C[C@H](C)C(=O)O)NC(=O)c4csc(C(=O)O[C@@H](C)C[C@H](C(C)C)N(COC(=O)CC(C)C)C(=O)[C@@H](CC(=O)[C@H]5CCCCN5C)[C@@H](C)CC)n4)cc3)cc2)C(C)C)C1=O)OC. The number of ether oxygens (including phenoxy) is 7. The molecule has 0 bridgehead atoms. The average Bonchev–Trinajstić information content (AvgIpc) is 1.25. The molecule has 0 aliphatic carbocycles. The molecule has 2 aromatic carbocycles. The van der Waals surface area contributed by atoms with Crippen molar-refractivity contribution in [2.24, 2.45) is 41.2 Å². The number of likely N-dealkylation sites (tertiary alicyclic amines) is 2. The number of likely N-dealkylation sites (N-methyl/N-ethyl adjacent to an activating group) is 3. The standard InChI is InChI=1S/C91H140N14O25S2/c1-16-58(9)67(48-72(107)70-25-20-22-39-101(70)12)84(115)105(54-127-77(111)44-55(3)4)71(56(5)6)46-60(11)128-87(119)83-99-69(53-132-83)81(113)97-64(45-59(10)86(117)118)47-61-29-33-66(34-30-61)130-91(123)103(14)42-41-102(13)90(122)126-51-62-27-31-63(32-28-62)96-80(112)68(24-23-36-94-88(92)120)98-82(114)79(57(7)8)100-75(109)26-19-18-21-40-104-76(110)49-73(85(104)116)131-43-38-93-74(108)35-37-95-89(121)125-52-78(124-15)129-65(17-2)50-106/h27-34,53,55-60,64-65,67-68,70-71,73,78-79,106H,16-26,35-52,54H2,1-15H3,(H,93,108)(H,95,121)(H,96,112)(H,97,113)(H,98,114)(H,100,109)(H,117,118)(H3,92,94,120)/t58-,59-,60-,64+,65?,67-,68-,70+,71+,73?,78?,79-/m0/s1. The zero-order chi connectivity index (χ0) is 97.8. The lowest BCUT2D eigenvalue weighted by molar-refractivity contribution is -0.181. The Morgan fingerprint density at radius 3 is 2.05 bits per heavy atom. The third kappa shape index (κ3) is 39.7. The number of nitrogens with one attached hydrogen (secondary N) is 7. The van der Waals surface area contributed by atoms with Crippen molar-refractivity contribution in [3.8, 4) is 5.75 Å². The predicted molar refractivity (Wildman–Crippen MR) is 491 cm³/mol. The van der Waals surface area contributed by atoms with Crippen molar-refractivity contribution in [2.45, 2.75) is 252 Å². The number of esters is 2. The number of carboxylic acid groups (broad SMARTS) is 1. The van der Waals surface area contributed by atoms with Gasteiger partial charge < -0.3 is 101 Å². The monoisotopic (exact) mass is 1890 g/mol. The molecule has 3 aromatic rings. The number of nitrogens with two attached hydrogens (primary N) is 1. The van der Waals surface area contributed by atoms with Crippen molar-refractivity contribution < 1.29 is 120 Å². The zero-order valence-electron chi connectivity index (χ0n) is 78.9. The van der Waals surface area contributed by atoms with E-state index in [2.05, 4.69) is 42.2 Å². The summed E-state index contributed by atoms with van der Waals surface area (Å²) in [4.78, 5) is 223. The van der Waals surface area contributed by atoms with Gasteiger partial charge in [-0.25, -0.2) is 29.0 Å². The van der Waals surface area contributed by atoms with Crippen LogP contribution in [-0.4, -0.2) is 289 Å². The van der Waals surface area contributed by atoms with Crippen LogP contribution in [0.25, 0.3) is 0 Å². The number of ketones is 1. The Hall–Kier alpha value is -10.6. The number of aromatic nitrogens is 1. The van der Waals surface area contributed by atoms with Gasteiger partial charge in [0.25, 0.3) is 5.91 Å². The first-order valence-corrected chi connectivity index (χ1v) is 47.3. The topological polar surface area (TPSA) is 518 Å². The number of thioether (sulfide) groups is 1. The van der Waals surface area contributed by atoms with E-state index in [0.717, 1.165) is 30.7 Å². The van der Waals surface area contributed by atoms with Crippen LogP contribution >= 0.6 is 23.1 Å². The van der Waals surface area contributed by atoms with E-state index in [-0.39, 0.29) is 200 Å². The predicted octanol–water partition coefficient (Wildman–Crippen LogP) is 8.16. The van der Waals surface area contributed by atoms with Crippen molar-refractivity contribution in [3.05, 3.63) is 75.7 Å². The number of hydrogen-bond acceptors (Lipinski definition) is 28. The highest BCUT2D eigenvalue weighted by Crippen LogP contribution is 2.32. The van der Waals surface area contributed by atoms with Gasteiger partial charge in [0, 0.05) is 134 Å². The summed E-state index contributed by atoms with van der Waals surface area (Å²) in [6.45, 7) is 20.2. The van der Waals surface area contributed by atoms with E-state index in [1.807, 2.05) is 60.4 Å². The van der Waals surface area contributed by atoms with Crippen LogP contribution in [0, 0.1) is 35.5 Å². The molecular formula is C91H140N14O25S2. The number of urea groups is 1. The number of imide groups is 1. The number of aliphatic carboxylic acids is 1. The van der Waals surface area contributed by atoms with Crippen LogP contribution in [0.4, 0.5) is 24.9 Å². The van der Waals surface area contributed by atoms with Gasteiger partial charge >= 0.3 is 42.2 Å². The van der Waals surface area contributed by atoms with Crippen molar-refractivity contribution in [3.63, 3.8) is 0 Å². The molecule has 41 heteroatoms. The number of nitrogens with zero attached hydrogens (tertiary/aromatic N) is 6. The number of anilines is 1. The number of carbonyl (C=O) groups is 16. The Morgan fingerprint density at radius 2 is 1.42 bits per heavy atom. The highest BCUT2D eigenvalue weighted by atomic mass is 32.2. The number of rotatable bonds is 59. The number of carboxylic acids is 1. The fraction of sp³-hybridized carbons (Fsp3) is 0.659. The van der Waals surface area contributed by atoms with Crippen molar-refractivity contribution >= 4 is 124 Å². The highest BCUT2D eigenvalue weighted by molar-refractivity contribution is 8.00. The molecule has 11 N–H and O–H groups in total. The van der Waals surface area contributed by atoms with Gasteiger partial charge in [0.1, 0.15) is 42.8 Å². The molecule has 2 aliphatic heterocycles. The molecule has 2 aliphatic rings. The molecule has 736 valence electrons. The smallest absolute Gasteiger partial charge is 0.415 e. The number of hydrogen-bond donors (Lipinski definition) is 10. The number of alkyl carbamates (subject to hydrolysis) is 1. The molecule has 12 atom stereocenters. The Balaban J connectivity index is 1.05. The van der Waals surface area contributed by atoms with Gasteiger partial charge in [-0.1, -0.05) is 113 Å². The normalized spacial score (nSPS) is 16.2. The van der Waals surface area contributed by atoms with Crippen LogP contribution < -0.4 is 47.7 Å². The molecule has 2 fully saturated rings. The molecule has 0 radical (unpaired) electrons. The maximum Gasteiger partial charge on any atom is 0.415 e. The summed E-state index contributed by atoms with van der Waals surface area (Å²) < 4.78 is 38.5. The van der Waals surface area contributed by atoms with Crippen LogP contribution in [-0.2, 0) is 89.4 Å². The number of benzene rings is 2. The number of carbonyl (C=O) groups excluding carboxylic acids is 15. The van der Waals surface area contributed by atoms with Crippen LogP contribution in [0.3, 0.4) is 0 Å². The average molecular weight is 1890 g/mol. The lowest BCUT2D eigenvalue weighted by Gasteiger charge is -2.39. The van der Waals surface area contributed by atoms with Crippen molar-refractivity contribution in [2.75, 3.05) is 105 Å². The summed E-state index contributed by atoms with van der Waals surface area (Å²) in [5, 5.41) is 38.7. The first kappa shape index (κ1) is 112. The summed E-state index contributed by atoms with van der Waals surface area (Å²) in [7, 11) is 6.24. The van der Waals surface area contributed by atoms with Crippen molar-refractivity contribution in [1.29, 1.82) is 0 Å². The third-order valence-electron chi connectivity index (χ3n) is 22.7. The Bertz CT molecular complexity index is 4250. The Morgan fingerprint density at radius 1 is 0.727 bits per heavy atom. The maximum absolute atomic E-state index is 14.9. The molecule has 13 amide bonds. The number of thiazole rings is 1. The molecule has 2 saturated heterocycles. The minimum atomic E-state index is -1.15. The number of amides is 13. The van der Waals surface area contributed by atoms with Crippen LogP contribution in [0.1, 0.15) is 217 Å². The summed E-state index contributed by atoms with van der Waals surface area (Å²) in [5.74, 6) is -8.11. The van der Waals surface area contributed by atoms with E-state index in [9.17, 15) is 86.9 Å². The minimum Gasteiger partial charge on any atom is -0.481 e.